The number of benzene rings is 2. The van der Waals surface area contributed by atoms with Crippen molar-refractivity contribution in [3.8, 4) is 0 Å². The minimum atomic E-state index is -1.25. The summed E-state index contributed by atoms with van der Waals surface area (Å²) in [5, 5.41) is 5.24. The number of esters is 1. The molecule has 0 saturated carbocycles. The maximum absolute atomic E-state index is 15.5. The van der Waals surface area contributed by atoms with Gasteiger partial charge in [-0.15, -0.1) is 0 Å². The van der Waals surface area contributed by atoms with E-state index in [9.17, 15) is 14.4 Å². The molecule has 2 atom stereocenters. The van der Waals surface area contributed by atoms with Gasteiger partial charge in [0.05, 0.1) is 18.6 Å². The Balaban J connectivity index is 1.74. The van der Waals surface area contributed by atoms with Crippen LogP contribution in [0.1, 0.15) is 40.0 Å². The minimum absolute atomic E-state index is 0.000836. The summed E-state index contributed by atoms with van der Waals surface area (Å²) in [6.45, 7) is 1.79. The summed E-state index contributed by atoms with van der Waals surface area (Å²) >= 11 is 0. The molecule has 2 N–H and O–H groups in total. The van der Waals surface area contributed by atoms with Gasteiger partial charge in [-0.2, -0.15) is 0 Å². The van der Waals surface area contributed by atoms with Gasteiger partial charge in [-0.25, -0.2) is 14.0 Å². The number of nitrogens with zero attached hydrogens (tertiary/aromatic N) is 1. The second-order valence-electron chi connectivity index (χ2n) is 8.17. The molecule has 0 saturated heterocycles. The third-order valence-corrected chi connectivity index (χ3v) is 5.43. The Hall–Kier alpha value is -4.53. The van der Waals surface area contributed by atoms with Gasteiger partial charge < -0.3 is 20.1 Å². The number of methoxy groups -OCH3 is 1. The van der Waals surface area contributed by atoms with Crippen molar-refractivity contribution in [2.24, 2.45) is 5.92 Å². The molecule has 3 aromatic rings. The van der Waals surface area contributed by atoms with Gasteiger partial charge in [0.25, 0.3) is 0 Å². The second-order valence-corrected chi connectivity index (χ2v) is 8.17. The fourth-order valence-electron chi connectivity index (χ4n) is 3.39. The lowest BCUT2D eigenvalue weighted by Gasteiger charge is -2.19. The molecule has 37 heavy (non-hydrogen) atoms. The maximum Gasteiger partial charge on any atom is 0.408 e. The zero-order valence-corrected chi connectivity index (χ0v) is 20.5. The molecule has 9 heteroatoms. The van der Waals surface area contributed by atoms with Gasteiger partial charge in [0, 0.05) is 18.9 Å². The van der Waals surface area contributed by atoms with E-state index >= 15 is 4.39 Å². The number of alkyl carbamates (subject to hydrolysis) is 1. The van der Waals surface area contributed by atoms with Crippen LogP contribution in [0.2, 0.25) is 0 Å². The lowest BCUT2D eigenvalue weighted by Crippen LogP contribution is -2.31. The molecule has 0 aliphatic carbocycles. The fraction of sp³-hybridized carbons (Fsp3) is 0.214. The van der Waals surface area contributed by atoms with Crippen LogP contribution in [0.4, 0.5) is 9.18 Å². The molecule has 0 fully saturated rings. The molecule has 0 aliphatic rings. The van der Waals surface area contributed by atoms with Crippen LogP contribution in [0.25, 0.3) is 0 Å². The third-order valence-electron chi connectivity index (χ3n) is 5.43. The molecule has 0 aliphatic heterocycles. The number of rotatable bonds is 10. The Morgan fingerprint density at radius 1 is 1.00 bits per heavy atom. The van der Waals surface area contributed by atoms with Crippen LogP contribution in [0.5, 0.6) is 0 Å². The fourth-order valence-corrected chi connectivity index (χ4v) is 3.39. The first-order chi connectivity index (χ1) is 17.9. The molecule has 2 aromatic carbocycles. The number of aromatic nitrogens is 1. The zero-order chi connectivity index (χ0) is 26.6. The summed E-state index contributed by atoms with van der Waals surface area (Å²) in [5.41, 5.74) is 2.19. The van der Waals surface area contributed by atoms with E-state index in [2.05, 4.69) is 15.6 Å². The number of nitrogens with one attached hydrogen (secondary N) is 2. The average Bonchev–Trinajstić information content (AvgIpc) is 2.94. The molecule has 0 radical (unpaired) electrons. The molecule has 1 aromatic heterocycles. The van der Waals surface area contributed by atoms with Gasteiger partial charge >= 0.3 is 12.1 Å². The van der Waals surface area contributed by atoms with Crippen LogP contribution in [0.3, 0.4) is 0 Å². The summed E-state index contributed by atoms with van der Waals surface area (Å²) in [5.74, 6) is -2.54. The van der Waals surface area contributed by atoms with Gasteiger partial charge in [0.2, 0.25) is 5.91 Å². The Bertz CT molecular complexity index is 1220. The number of carbonyl (C=O) groups is 3. The zero-order valence-electron chi connectivity index (χ0n) is 20.5. The quantitative estimate of drug-likeness (QED) is 0.389. The van der Waals surface area contributed by atoms with Crippen LogP contribution in [0.15, 0.2) is 91.0 Å². The van der Waals surface area contributed by atoms with Crippen molar-refractivity contribution < 1.29 is 28.2 Å². The van der Waals surface area contributed by atoms with Crippen LogP contribution in [0, 0.1) is 5.92 Å². The van der Waals surface area contributed by atoms with Crippen molar-refractivity contribution in [2.45, 2.75) is 26.1 Å². The SMILES string of the molecule is COC(=O)c1ccc(C(NC(=O)OCc2ccccc2)/C(F)=C/[C@@H](C)C(=O)NCc2cccnc2)cc1. The number of carbonyl (C=O) groups excluding carboxylic acids is 3. The topological polar surface area (TPSA) is 107 Å². The Morgan fingerprint density at radius 3 is 2.35 bits per heavy atom. The molecule has 3 rings (SSSR count). The van der Waals surface area contributed by atoms with Crippen molar-refractivity contribution in [1.82, 2.24) is 15.6 Å². The molecule has 192 valence electrons. The molecule has 8 nitrogen and oxygen atoms in total. The summed E-state index contributed by atoms with van der Waals surface area (Å²) in [6, 6.07) is 17.3. The molecular weight excluding hydrogens is 477 g/mol. The second kappa shape index (κ2) is 13.5. The molecule has 2 amide bonds. The lowest BCUT2D eigenvalue weighted by atomic mass is 10.0. The predicted octanol–water partition coefficient (Wildman–Crippen LogP) is 4.64. The van der Waals surface area contributed by atoms with E-state index in [1.165, 1.54) is 31.4 Å². The minimum Gasteiger partial charge on any atom is -0.465 e. The summed E-state index contributed by atoms with van der Waals surface area (Å²) in [6.07, 6.45) is 3.54. The number of hydrogen-bond acceptors (Lipinski definition) is 6. The van der Waals surface area contributed by atoms with Gasteiger partial charge in [-0.3, -0.25) is 9.78 Å². The monoisotopic (exact) mass is 505 g/mol. The first-order valence-electron chi connectivity index (χ1n) is 11.6. The maximum atomic E-state index is 15.5. The normalized spacial score (nSPS) is 12.7. The Kier molecular flexibility index (Phi) is 9.90. The predicted molar refractivity (Wildman–Crippen MR) is 135 cm³/mol. The lowest BCUT2D eigenvalue weighted by molar-refractivity contribution is -0.123. The molecule has 1 heterocycles. The largest absolute Gasteiger partial charge is 0.465 e. The van der Waals surface area contributed by atoms with E-state index in [1.807, 2.05) is 24.3 Å². The highest BCUT2D eigenvalue weighted by Crippen LogP contribution is 2.25. The summed E-state index contributed by atoms with van der Waals surface area (Å²) in [7, 11) is 1.26. The first kappa shape index (κ1) is 27.1. The molecule has 0 spiro atoms. The van der Waals surface area contributed by atoms with Gasteiger partial charge in [0.15, 0.2) is 0 Å². The van der Waals surface area contributed by atoms with Crippen LogP contribution in [-0.2, 0) is 27.4 Å². The number of hydrogen-bond donors (Lipinski definition) is 2. The van der Waals surface area contributed by atoms with E-state index < -0.39 is 35.8 Å². The molecule has 0 bridgehead atoms. The van der Waals surface area contributed by atoms with Gasteiger partial charge in [-0.05, 0) is 47.9 Å². The third kappa shape index (κ3) is 8.28. The van der Waals surface area contributed by atoms with Crippen molar-refractivity contribution in [3.63, 3.8) is 0 Å². The highest BCUT2D eigenvalue weighted by atomic mass is 19.1. The summed E-state index contributed by atoms with van der Waals surface area (Å²) < 4.78 is 25.4. The highest BCUT2D eigenvalue weighted by Gasteiger charge is 2.23. The molecule has 1 unspecified atom stereocenters. The number of halogens is 1. The van der Waals surface area contributed by atoms with Crippen molar-refractivity contribution in [3.05, 3.63) is 113 Å². The van der Waals surface area contributed by atoms with E-state index in [1.54, 1.807) is 37.5 Å². The van der Waals surface area contributed by atoms with Crippen molar-refractivity contribution in [1.29, 1.82) is 0 Å². The standard InChI is InChI=1S/C28H28FN3O5/c1-19(26(33)31-17-21-9-6-14-30-16-21)15-24(29)25(22-10-12-23(13-11-22)27(34)36-2)32-28(35)37-18-20-7-4-3-5-8-20/h3-16,19,25H,17-18H2,1-2H3,(H,31,33)(H,32,35)/b24-15-/t19-,25?/m1/s1. The van der Waals surface area contributed by atoms with Crippen LogP contribution >= 0.6 is 0 Å². The Labute approximate surface area is 214 Å². The highest BCUT2D eigenvalue weighted by molar-refractivity contribution is 5.89. The van der Waals surface area contributed by atoms with Crippen molar-refractivity contribution in [2.75, 3.05) is 7.11 Å². The van der Waals surface area contributed by atoms with Crippen molar-refractivity contribution >= 4 is 18.0 Å². The van der Waals surface area contributed by atoms with Crippen LogP contribution in [-0.4, -0.2) is 30.1 Å². The first-order valence-corrected chi connectivity index (χ1v) is 11.6. The van der Waals surface area contributed by atoms with Gasteiger partial charge in [-0.1, -0.05) is 48.5 Å². The number of pyridine rings is 1. The van der Waals surface area contributed by atoms with E-state index in [0.717, 1.165) is 17.2 Å². The molecular formula is C28H28FN3O5. The average molecular weight is 506 g/mol. The number of ether oxygens (including phenoxy) is 2. The van der Waals surface area contributed by atoms with Gasteiger partial charge in [0.1, 0.15) is 18.5 Å². The Morgan fingerprint density at radius 2 is 1.70 bits per heavy atom. The van der Waals surface area contributed by atoms with E-state index in [0.29, 0.717) is 5.56 Å². The van der Waals surface area contributed by atoms with Crippen LogP contribution < -0.4 is 10.6 Å². The van der Waals surface area contributed by atoms with E-state index in [4.69, 9.17) is 9.47 Å². The number of amides is 2. The smallest absolute Gasteiger partial charge is 0.408 e. The van der Waals surface area contributed by atoms with E-state index in [-0.39, 0.29) is 18.7 Å². The summed E-state index contributed by atoms with van der Waals surface area (Å²) in [4.78, 5) is 40.8.